The molecule has 2 saturated heterocycles. The maximum Gasteiger partial charge on any atom is 0.231 e. The van der Waals surface area contributed by atoms with E-state index in [-0.39, 0.29) is 22.8 Å². The number of allylic oxidation sites excluding steroid dienone is 2. The second-order valence-corrected chi connectivity index (χ2v) is 9.88. The average Bonchev–Trinajstić information content (AvgIpc) is 3.10. The van der Waals surface area contributed by atoms with Crippen molar-refractivity contribution in [3.05, 3.63) is 12.2 Å². The molecular weight excluding hydrogens is 338 g/mol. The van der Waals surface area contributed by atoms with Gasteiger partial charge in [-0.2, -0.15) is 0 Å². The zero-order valence-electron chi connectivity index (χ0n) is 16.9. The Morgan fingerprint density at radius 3 is 2.74 bits per heavy atom. The van der Waals surface area contributed by atoms with Crippen molar-refractivity contribution in [1.82, 2.24) is 15.5 Å². The van der Waals surface area contributed by atoms with Gasteiger partial charge in [0.25, 0.3) is 0 Å². The molecule has 3 atom stereocenters. The highest BCUT2D eigenvalue weighted by Crippen LogP contribution is 2.44. The molecule has 5 nitrogen and oxygen atoms in total. The summed E-state index contributed by atoms with van der Waals surface area (Å²) in [6.45, 7) is 7.50. The van der Waals surface area contributed by atoms with Gasteiger partial charge in [0.1, 0.15) is 0 Å². The van der Waals surface area contributed by atoms with Crippen molar-refractivity contribution in [2.75, 3.05) is 26.2 Å². The Bertz CT molecular complexity index is 625. The molecule has 1 aliphatic carbocycles. The highest BCUT2D eigenvalue weighted by molar-refractivity contribution is 5.85. The Balaban J connectivity index is 1.61. The molecule has 2 amide bonds. The lowest BCUT2D eigenvalue weighted by atomic mass is 9.77. The van der Waals surface area contributed by atoms with Crippen LogP contribution in [0.3, 0.4) is 0 Å². The van der Waals surface area contributed by atoms with E-state index in [1.165, 1.54) is 0 Å². The molecule has 27 heavy (non-hydrogen) atoms. The van der Waals surface area contributed by atoms with Gasteiger partial charge in [0.15, 0.2) is 0 Å². The van der Waals surface area contributed by atoms with Gasteiger partial charge in [0.05, 0.1) is 11.0 Å². The Labute approximate surface area is 163 Å². The van der Waals surface area contributed by atoms with Crippen LogP contribution in [0.15, 0.2) is 12.2 Å². The molecule has 5 heteroatoms. The number of nitrogens with zero attached hydrogens (tertiary/aromatic N) is 1. The van der Waals surface area contributed by atoms with Crippen molar-refractivity contribution < 1.29 is 9.59 Å². The molecular formula is C22H35N3O2. The van der Waals surface area contributed by atoms with Crippen LogP contribution in [-0.4, -0.2) is 48.4 Å². The molecule has 1 saturated carbocycles. The highest BCUT2D eigenvalue weighted by Gasteiger charge is 2.55. The summed E-state index contributed by atoms with van der Waals surface area (Å²) in [4.78, 5) is 28.6. The Morgan fingerprint density at radius 2 is 2.04 bits per heavy atom. The monoisotopic (exact) mass is 373 g/mol. The van der Waals surface area contributed by atoms with Crippen LogP contribution in [0.5, 0.6) is 0 Å². The first kappa shape index (κ1) is 19.0. The van der Waals surface area contributed by atoms with Crippen LogP contribution in [0.2, 0.25) is 0 Å². The van der Waals surface area contributed by atoms with Gasteiger partial charge < -0.3 is 15.5 Å². The third-order valence-corrected chi connectivity index (χ3v) is 7.39. The number of fused-ring (bicyclic) bond motifs is 1. The summed E-state index contributed by atoms with van der Waals surface area (Å²) in [5, 5.41) is 6.81. The lowest BCUT2D eigenvalue weighted by Gasteiger charge is -2.43. The Hall–Kier alpha value is -1.36. The molecule has 3 heterocycles. The van der Waals surface area contributed by atoms with Crippen LogP contribution in [0.1, 0.15) is 58.8 Å². The SMILES string of the molecule is CC(C)CC1CCC=CCC2(CNC2)C(=O)N2C[C@@H]3CCC[C@@]3(C2)NC1=O. The van der Waals surface area contributed by atoms with Crippen LogP contribution >= 0.6 is 0 Å². The predicted molar refractivity (Wildman–Crippen MR) is 106 cm³/mol. The van der Waals surface area contributed by atoms with Crippen molar-refractivity contribution in [3.63, 3.8) is 0 Å². The fourth-order valence-electron chi connectivity index (χ4n) is 5.79. The van der Waals surface area contributed by atoms with Gasteiger partial charge in [-0.3, -0.25) is 9.59 Å². The van der Waals surface area contributed by atoms with Gasteiger partial charge in [0.2, 0.25) is 11.8 Å². The zero-order chi connectivity index (χ0) is 19.1. The second-order valence-electron chi connectivity index (χ2n) is 9.88. The van der Waals surface area contributed by atoms with Crippen molar-refractivity contribution in [2.45, 2.75) is 64.3 Å². The maximum atomic E-state index is 13.4. The third-order valence-electron chi connectivity index (χ3n) is 7.39. The first-order valence-corrected chi connectivity index (χ1v) is 10.9. The molecule has 1 unspecified atom stereocenters. The second kappa shape index (κ2) is 7.23. The summed E-state index contributed by atoms with van der Waals surface area (Å²) >= 11 is 0. The number of amides is 2. The highest BCUT2D eigenvalue weighted by atomic mass is 16.2. The van der Waals surface area contributed by atoms with Gasteiger partial charge in [-0.1, -0.05) is 32.4 Å². The number of hydrogen-bond acceptors (Lipinski definition) is 3. The molecule has 150 valence electrons. The van der Waals surface area contributed by atoms with Crippen LogP contribution in [0.4, 0.5) is 0 Å². The summed E-state index contributed by atoms with van der Waals surface area (Å²) in [6.07, 6.45) is 11.3. The van der Waals surface area contributed by atoms with Crippen LogP contribution in [0.25, 0.3) is 0 Å². The molecule has 3 fully saturated rings. The topological polar surface area (TPSA) is 61.4 Å². The van der Waals surface area contributed by atoms with Crippen molar-refractivity contribution in [3.8, 4) is 0 Å². The summed E-state index contributed by atoms with van der Waals surface area (Å²) < 4.78 is 0. The van der Waals surface area contributed by atoms with Gasteiger partial charge >= 0.3 is 0 Å². The summed E-state index contributed by atoms with van der Waals surface area (Å²) in [5.74, 6) is 1.54. The van der Waals surface area contributed by atoms with E-state index in [1.54, 1.807) is 0 Å². The normalized spacial score (nSPS) is 36.0. The maximum absolute atomic E-state index is 13.4. The standard InChI is InChI=1S/C22H35N3O2/c1-16(2)11-17-7-4-3-5-9-21(13-23-14-21)20(27)25-12-18-8-6-10-22(18,15-25)24-19(17)26/h3,5,16-18,23H,4,6-15H2,1-2H3,(H,24,26)/t17?,18-,22-/m0/s1. The minimum atomic E-state index is -0.258. The summed E-state index contributed by atoms with van der Waals surface area (Å²) in [7, 11) is 0. The molecule has 0 aromatic rings. The first-order valence-electron chi connectivity index (χ1n) is 10.9. The van der Waals surface area contributed by atoms with E-state index in [2.05, 4.69) is 41.5 Å². The largest absolute Gasteiger partial charge is 0.348 e. The van der Waals surface area contributed by atoms with Gasteiger partial charge in [-0.15, -0.1) is 0 Å². The third kappa shape index (κ3) is 3.43. The van der Waals surface area contributed by atoms with Crippen molar-refractivity contribution in [1.29, 1.82) is 0 Å². The number of carbonyl (C=O) groups is 2. The number of hydrogen-bond donors (Lipinski definition) is 2. The van der Waals surface area contributed by atoms with Crippen molar-refractivity contribution >= 4 is 11.8 Å². The molecule has 3 aliphatic heterocycles. The van der Waals surface area contributed by atoms with Gasteiger partial charge in [-0.05, 0) is 44.4 Å². The summed E-state index contributed by atoms with van der Waals surface area (Å²) in [6, 6.07) is 0. The quantitative estimate of drug-likeness (QED) is 0.731. The van der Waals surface area contributed by atoms with Gasteiger partial charge in [0, 0.05) is 38.0 Å². The molecule has 2 bridgehead atoms. The van der Waals surface area contributed by atoms with E-state index in [9.17, 15) is 9.59 Å². The molecule has 0 radical (unpaired) electrons. The van der Waals surface area contributed by atoms with Crippen molar-refractivity contribution in [2.24, 2.45) is 23.2 Å². The zero-order valence-corrected chi connectivity index (χ0v) is 16.9. The lowest BCUT2D eigenvalue weighted by Crippen LogP contribution is -2.62. The minimum absolute atomic E-state index is 0.0788. The lowest BCUT2D eigenvalue weighted by molar-refractivity contribution is -0.144. The van der Waals surface area contributed by atoms with E-state index in [1.807, 2.05) is 0 Å². The molecule has 4 aliphatic rings. The van der Waals surface area contributed by atoms with Crippen LogP contribution in [0, 0.1) is 23.2 Å². The Kier molecular flexibility index (Phi) is 5.08. The molecule has 4 rings (SSSR count). The predicted octanol–water partition coefficient (Wildman–Crippen LogP) is 2.48. The average molecular weight is 374 g/mol. The Morgan fingerprint density at radius 1 is 1.22 bits per heavy atom. The fourth-order valence-corrected chi connectivity index (χ4v) is 5.79. The van der Waals surface area contributed by atoms with Gasteiger partial charge in [-0.25, -0.2) is 0 Å². The first-order chi connectivity index (χ1) is 12.9. The van der Waals surface area contributed by atoms with E-state index in [4.69, 9.17) is 0 Å². The van der Waals surface area contributed by atoms with Crippen LogP contribution in [-0.2, 0) is 9.59 Å². The number of carbonyl (C=O) groups excluding carboxylic acids is 2. The van der Waals surface area contributed by atoms with E-state index in [0.717, 1.165) is 64.6 Å². The minimum Gasteiger partial charge on any atom is -0.348 e. The molecule has 0 aromatic carbocycles. The summed E-state index contributed by atoms with van der Waals surface area (Å²) in [5.41, 5.74) is -0.437. The number of nitrogens with one attached hydrogen (secondary N) is 2. The smallest absolute Gasteiger partial charge is 0.231 e. The molecule has 2 spiro atoms. The van der Waals surface area contributed by atoms with E-state index < -0.39 is 0 Å². The van der Waals surface area contributed by atoms with Crippen LogP contribution < -0.4 is 10.6 Å². The molecule has 2 N–H and O–H groups in total. The fraction of sp³-hybridized carbons (Fsp3) is 0.818. The van der Waals surface area contributed by atoms with E-state index in [0.29, 0.717) is 24.3 Å². The molecule has 0 aromatic heterocycles. The number of rotatable bonds is 2. The van der Waals surface area contributed by atoms with E-state index >= 15 is 0 Å².